The molecule has 262 valence electrons. The van der Waals surface area contributed by atoms with Gasteiger partial charge in [-0.3, -0.25) is 4.79 Å². The molecule has 9 nitrogen and oxygen atoms in total. The number of rotatable bonds is 11. The van der Waals surface area contributed by atoms with Gasteiger partial charge >= 0.3 is 6.09 Å². The fourth-order valence-electron chi connectivity index (χ4n) is 5.18. The number of hydrogen-bond acceptors (Lipinski definition) is 6. The van der Waals surface area contributed by atoms with Crippen molar-refractivity contribution in [3.05, 3.63) is 152 Å². The zero-order valence-electron chi connectivity index (χ0n) is 28.9. The Hall–Kier alpha value is -4.34. The van der Waals surface area contributed by atoms with Crippen LogP contribution in [0.5, 0.6) is 0 Å². The van der Waals surface area contributed by atoms with E-state index in [9.17, 15) is 9.59 Å². The van der Waals surface area contributed by atoms with Crippen LogP contribution in [0.2, 0.25) is 0 Å². The van der Waals surface area contributed by atoms with Gasteiger partial charge in [0.05, 0.1) is 36.2 Å². The van der Waals surface area contributed by atoms with Crippen LogP contribution in [0.4, 0.5) is 4.79 Å². The van der Waals surface area contributed by atoms with Crippen molar-refractivity contribution in [2.24, 2.45) is 7.05 Å². The maximum absolute atomic E-state index is 12.4. The Morgan fingerprint density at radius 3 is 2.08 bits per heavy atom. The predicted octanol–water partition coefficient (Wildman–Crippen LogP) is 9.24. The number of carbonyl (C=O) groups excluding carboxylic acids is 2. The van der Waals surface area contributed by atoms with Crippen molar-refractivity contribution in [3.8, 4) is 22.5 Å². The lowest BCUT2D eigenvalue weighted by molar-refractivity contribution is 0.0917. The van der Waals surface area contributed by atoms with Gasteiger partial charge in [-0.2, -0.15) is 0 Å². The zero-order chi connectivity index (χ0) is 36.3. The molecule has 0 saturated heterocycles. The number of aromatic amines is 1. The molecule has 2 atom stereocenters. The number of aromatic nitrogens is 4. The number of ether oxygens (including phenoxy) is 1. The molecular formula is C40H40I2N6O3. The molecule has 6 rings (SSSR count). The van der Waals surface area contributed by atoms with E-state index in [-0.39, 0.29) is 37.1 Å². The first-order valence-electron chi connectivity index (χ1n) is 16.4. The summed E-state index contributed by atoms with van der Waals surface area (Å²) in [6.07, 6.45) is 3.44. The van der Waals surface area contributed by atoms with Gasteiger partial charge in [-0.05, 0) is 94.4 Å². The van der Waals surface area contributed by atoms with Gasteiger partial charge < -0.3 is 24.5 Å². The standard InChI is InChI=1S/C21H22IN3O2.C19H18IN3O/c1-15(25(3)21(26)27-14-16-7-5-4-6-8-16)20-23-19(13-24(20)2)17-9-11-18(22)12-10-17;1-13(21-12-18(24)15-5-3-2-4-6-15)19-22-11-17(23-19)14-7-9-16(20)10-8-14/h4-13,15H,14H2,1-3H3;2-11,13,21H,12H2,1H3,(H,22,23)/t15-;13-/m11/s1. The molecule has 11 heteroatoms. The second kappa shape index (κ2) is 18.2. The molecule has 0 fully saturated rings. The Balaban J connectivity index is 0.000000199. The van der Waals surface area contributed by atoms with Crippen LogP contribution in [0.3, 0.4) is 0 Å². The van der Waals surface area contributed by atoms with E-state index in [0.29, 0.717) is 0 Å². The van der Waals surface area contributed by atoms with E-state index in [2.05, 4.69) is 109 Å². The van der Waals surface area contributed by atoms with Crippen molar-refractivity contribution in [1.29, 1.82) is 0 Å². The van der Waals surface area contributed by atoms with Gasteiger partial charge in [0.1, 0.15) is 18.3 Å². The number of ketones is 1. The summed E-state index contributed by atoms with van der Waals surface area (Å²) < 4.78 is 9.77. The highest BCUT2D eigenvalue weighted by Crippen LogP contribution is 2.25. The topological polar surface area (TPSA) is 105 Å². The summed E-state index contributed by atoms with van der Waals surface area (Å²) in [6.45, 7) is 4.48. The lowest BCUT2D eigenvalue weighted by Crippen LogP contribution is -2.31. The number of halogens is 2. The largest absolute Gasteiger partial charge is 0.445 e. The summed E-state index contributed by atoms with van der Waals surface area (Å²) in [5.74, 6) is 1.71. The molecule has 2 N–H and O–H groups in total. The van der Waals surface area contributed by atoms with Crippen molar-refractivity contribution < 1.29 is 14.3 Å². The van der Waals surface area contributed by atoms with Crippen LogP contribution in [0.25, 0.3) is 22.5 Å². The van der Waals surface area contributed by atoms with Crippen molar-refractivity contribution in [2.75, 3.05) is 13.6 Å². The first-order chi connectivity index (χ1) is 24.6. The Morgan fingerprint density at radius 1 is 0.863 bits per heavy atom. The molecule has 0 bridgehead atoms. The third-order valence-corrected chi connectivity index (χ3v) is 9.76. The predicted molar refractivity (Wildman–Crippen MR) is 218 cm³/mol. The Kier molecular flexibility index (Phi) is 13.6. The summed E-state index contributed by atoms with van der Waals surface area (Å²) in [4.78, 5) is 38.6. The number of Topliss-reactive ketones (excluding diaryl/α,β-unsaturated/α-hetero) is 1. The van der Waals surface area contributed by atoms with Crippen LogP contribution in [0.1, 0.15) is 53.5 Å². The minimum Gasteiger partial charge on any atom is -0.445 e. The van der Waals surface area contributed by atoms with E-state index in [1.807, 2.05) is 98.5 Å². The van der Waals surface area contributed by atoms with Crippen LogP contribution in [-0.4, -0.2) is 49.9 Å². The number of carbonyl (C=O) groups is 2. The van der Waals surface area contributed by atoms with E-state index in [4.69, 9.17) is 9.72 Å². The number of nitrogens with one attached hydrogen (secondary N) is 2. The van der Waals surface area contributed by atoms with Crippen LogP contribution in [0, 0.1) is 7.14 Å². The van der Waals surface area contributed by atoms with Crippen LogP contribution in [-0.2, 0) is 18.4 Å². The number of H-pyrrole nitrogens is 1. The summed E-state index contributed by atoms with van der Waals surface area (Å²) in [5.41, 5.74) is 5.70. The van der Waals surface area contributed by atoms with Crippen LogP contribution >= 0.6 is 45.2 Å². The van der Waals surface area contributed by atoms with Crippen molar-refractivity contribution in [3.63, 3.8) is 0 Å². The molecule has 51 heavy (non-hydrogen) atoms. The average Bonchev–Trinajstić information content (AvgIpc) is 3.81. The number of amides is 1. The molecule has 2 heterocycles. The van der Waals surface area contributed by atoms with E-state index in [0.717, 1.165) is 45.3 Å². The van der Waals surface area contributed by atoms with E-state index < -0.39 is 0 Å². The van der Waals surface area contributed by atoms with Gasteiger partial charge in [-0.1, -0.05) is 84.9 Å². The van der Waals surface area contributed by atoms with Crippen molar-refractivity contribution >= 4 is 57.1 Å². The normalized spacial score (nSPS) is 12.0. The molecular weight excluding hydrogens is 866 g/mol. The van der Waals surface area contributed by atoms with Crippen molar-refractivity contribution in [2.45, 2.75) is 32.5 Å². The van der Waals surface area contributed by atoms with Crippen LogP contribution < -0.4 is 5.32 Å². The molecule has 1 amide bonds. The van der Waals surface area contributed by atoms with Gasteiger partial charge in [0.25, 0.3) is 0 Å². The molecule has 0 aliphatic heterocycles. The molecule has 0 saturated carbocycles. The lowest BCUT2D eigenvalue weighted by Gasteiger charge is -2.23. The molecule has 2 aromatic heterocycles. The lowest BCUT2D eigenvalue weighted by atomic mass is 10.1. The first kappa shape index (κ1) is 37.9. The van der Waals surface area contributed by atoms with Crippen molar-refractivity contribution in [1.82, 2.24) is 29.7 Å². The highest BCUT2D eigenvalue weighted by Gasteiger charge is 2.23. The number of hydrogen-bond donors (Lipinski definition) is 2. The summed E-state index contributed by atoms with van der Waals surface area (Å²) >= 11 is 4.57. The molecule has 4 aromatic carbocycles. The smallest absolute Gasteiger partial charge is 0.410 e. The average molecular weight is 907 g/mol. The summed E-state index contributed by atoms with van der Waals surface area (Å²) in [6, 6.07) is 35.2. The summed E-state index contributed by atoms with van der Waals surface area (Å²) in [7, 11) is 3.68. The van der Waals surface area contributed by atoms with Gasteiger partial charge in [-0.25, -0.2) is 14.8 Å². The van der Waals surface area contributed by atoms with Gasteiger partial charge in [-0.15, -0.1) is 0 Å². The fraction of sp³-hybridized carbons (Fsp3) is 0.200. The fourth-order valence-corrected chi connectivity index (χ4v) is 5.90. The maximum Gasteiger partial charge on any atom is 0.410 e. The highest BCUT2D eigenvalue weighted by molar-refractivity contribution is 14.1. The molecule has 0 aliphatic carbocycles. The Morgan fingerprint density at radius 2 is 1.45 bits per heavy atom. The minimum atomic E-state index is -0.370. The van der Waals surface area contributed by atoms with Gasteiger partial charge in [0.2, 0.25) is 0 Å². The van der Waals surface area contributed by atoms with Crippen LogP contribution in [0.15, 0.2) is 122 Å². The molecule has 0 unspecified atom stereocenters. The third-order valence-electron chi connectivity index (χ3n) is 8.33. The summed E-state index contributed by atoms with van der Waals surface area (Å²) in [5, 5.41) is 3.23. The van der Waals surface area contributed by atoms with E-state index in [1.54, 1.807) is 11.9 Å². The molecule has 6 aromatic rings. The monoisotopic (exact) mass is 906 g/mol. The Labute approximate surface area is 326 Å². The maximum atomic E-state index is 12.4. The second-order valence-electron chi connectivity index (χ2n) is 12.0. The van der Waals surface area contributed by atoms with Gasteiger partial charge in [0.15, 0.2) is 5.78 Å². The Bertz CT molecular complexity index is 2010. The van der Waals surface area contributed by atoms with E-state index in [1.165, 1.54) is 7.14 Å². The minimum absolute atomic E-state index is 0.0322. The highest BCUT2D eigenvalue weighted by atomic mass is 127. The molecule has 0 radical (unpaired) electrons. The molecule has 0 spiro atoms. The number of imidazole rings is 2. The van der Waals surface area contributed by atoms with Gasteiger partial charge in [0, 0.05) is 38.6 Å². The quantitative estimate of drug-likeness (QED) is 0.0993. The molecule has 0 aliphatic rings. The first-order valence-corrected chi connectivity index (χ1v) is 18.6. The number of aryl methyl sites for hydroxylation is 1. The number of nitrogens with zero attached hydrogens (tertiary/aromatic N) is 4. The third kappa shape index (κ3) is 10.6. The van der Waals surface area contributed by atoms with E-state index >= 15 is 0 Å². The number of benzene rings is 4. The second-order valence-corrected chi connectivity index (χ2v) is 14.5. The SMILES string of the molecule is C[C@@H](NCC(=O)c1ccccc1)c1ncc(-c2ccc(I)cc2)[nH]1.C[C@H](c1nc(-c2ccc(I)cc2)cn1C)N(C)C(=O)OCc1ccccc1. The zero-order valence-corrected chi connectivity index (χ0v) is 33.2.